The van der Waals surface area contributed by atoms with Crippen LogP contribution in [0.1, 0.15) is 11.1 Å². The molecule has 0 aliphatic heterocycles. The van der Waals surface area contributed by atoms with Gasteiger partial charge in [0.25, 0.3) is 0 Å². The van der Waals surface area contributed by atoms with Crippen molar-refractivity contribution in [3.8, 4) is 11.5 Å². The molecule has 0 bridgehead atoms. The summed E-state index contributed by atoms with van der Waals surface area (Å²) in [5, 5.41) is 21.3. The molecule has 1 amide bonds. The van der Waals surface area contributed by atoms with E-state index in [0.29, 0.717) is 5.56 Å². The summed E-state index contributed by atoms with van der Waals surface area (Å²) in [6, 6.07) is 12.7. The van der Waals surface area contributed by atoms with Crippen molar-refractivity contribution in [2.24, 2.45) is 0 Å². The smallest absolute Gasteiger partial charge is 0.326 e. The highest BCUT2D eigenvalue weighted by Crippen LogP contribution is 2.26. The molecule has 6 nitrogen and oxygen atoms in total. The number of carbonyl (C=O) groups excluding carboxylic acids is 1. The lowest BCUT2D eigenvalue weighted by Gasteiger charge is -2.13. The Hall–Kier alpha value is -3.28. The minimum Gasteiger partial charge on any atom is -0.504 e. The first-order valence-electron chi connectivity index (χ1n) is 7.62. The monoisotopic (exact) mass is 341 g/mol. The number of nitrogens with one attached hydrogen (secondary N) is 1. The van der Waals surface area contributed by atoms with Gasteiger partial charge in [-0.3, -0.25) is 4.79 Å². The molecule has 0 unspecified atom stereocenters. The molecule has 0 aromatic heterocycles. The van der Waals surface area contributed by atoms with Gasteiger partial charge in [0.05, 0.1) is 7.11 Å². The SMILES string of the molecule is COc1cc(C=CC(=O)N[C@@H](Cc2ccccc2)C(=O)O)ccc1O. The Bertz CT molecular complexity index is 771. The van der Waals surface area contributed by atoms with Gasteiger partial charge in [-0.25, -0.2) is 4.79 Å². The van der Waals surface area contributed by atoms with Crippen molar-refractivity contribution < 1.29 is 24.5 Å². The van der Waals surface area contributed by atoms with Gasteiger partial charge in [0.2, 0.25) is 5.91 Å². The van der Waals surface area contributed by atoms with Crippen molar-refractivity contribution in [2.75, 3.05) is 7.11 Å². The number of phenolic OH excluding ortho intramolecular Hbond substituents is 1. The largest absolute Gasteiger partial charge is 0.504 e. The molecular formula is C19H19NO5. The second-order valence-corrected chi connectivity index (χ2v) is 5.35. The average Bonchev–Trinajstić information content (AvgIpc) is 2.61. The third-order valence-electron chi connectivity index (χ3n) is 3.53. The highest BCUT2D eigenvalue weighted by molar-refractivity contribution is 5.94. The predicted molar refractivity (Wildman–Crippen MR) is 93.4 cm³/mol. The van der Waals surface area contributed by atoms with E-state index in [1.807, 2.05) is 18.2 Å². The van der Waals surface area contributed by atoms with E-state index in [1.54, 1.807) is 24.3 Å². The fraction of sp³-hybridized carbons (Fsp3) is 0.158. The number of carbonyl (C=O) groups is 2. The van der Waals surface area contributed by atoms with Crippen molar-refractivity contribution >= 4 is 18.0 Å². The molecule has 0 aliphatic rings. The molecular weight excluding hydrogens is 322 g/mol. The molecule has 25 heavy (non-hydrogen) atoms. The molecule has 6 heteroatoms. The fourth-order valence-electron chi connectivity index (χ4n) is 2.24. The second kappa shape index (κ2) is 8.54. The van der Waals surface area contributed by atoms with E-state index in [0.717, 1.165) is 5.56 Å². The van der Waals surface area contributed by atoms with E-state index in [9.17, 15) is 19.8 Å². The number of rotatable bonds is 7. The molecule has 2 rings (SSSR count). The zero-order valence-electron chi connectivity index (χ0n) is 13.7. The fourth-order valence-corrected chi connectivity index (χ4v) is 2.24. The minimum atomic E-state index is -1.10. The summed E-state index contributed by atoms with van der Waals surface area (Å²) in [5.74, 6) is -1.33. The number of amides is 1. The van der Waals surface area contributed by atoms with Gasteiger partial charge in [-0.15, -0.1) is 0 Å². The van der Waals surface area contributed by atoms with Crippen LogP contribution in [0.15, 0.2) is 54.6 Å². The lowest BCUT2D eigenvalue weighted by atomic mass is 10.1. The van der Waals surface area contributed by atoms with Crippen LogP contribution in [0.5, 0.6) is 11.5 Å². The molecule has 130 valence electrons. The minimum absolute atomic E-state index is 0.00194. The standard InChI is InChI=1S/C19H19NO5/c1-25-17-12-14(7-9-16(17)21)8-10-18(22)20-15(19(23)24)11-13-5-3-2-4-6-13/h2-10,12,15,21H,11H2,1H3,(H,20,22)(H,23,24)/t15-/m0/s1. The molecule has 3 N–H and O–H groups in total. The molecule has 0 saturated heterocycles. The number of aliphatic carboxylic acids is 1. The first-order chi connectivity index (χ1) is 12.0. The van der Waals surface area contributed by atoms with Crippen LogP contribution in [-0.4, -0.2) is 35.2 Å². The first-order valence-corrected chi connectivity index (χ1v) is 7.62. The molecule has 0 aliphatic carbocycles. The predicted octanol–water partition coefficient (Wildman–Crippen LogP) is 2.23. The number of ether oxygens (including phenoxy) is 1. The maximum atomic E-state index is 12.0. The lowest BCUT2D eigenvalue weighted by Crippen LogP contribution is -2.41. The van der Waals surface area contributed by atoms with Gasteiger partial charge in [-0.05, 0) is 29.3 Å². The zero-order valence-corrected chi connectivity index (χ0v) is 13.7. The van der Waals surface area contributed by atoms with Crippen molar-refractivity contribution in [3.05, 3.63) is 65.7 Å². The quantitative estimate of drug-likeness (QED) is 0.671. The topological polar surface area (TPSA) is 95.9 Å². The van der Waals surface area contributed by atoms with E-state index in [2.05, 4.69) is 5.32 Å². The molecule has 2 aromatic carbocycles. The Morgan fingerprint density at radius 1 is 1.20 bits per heavy atom. The van der Waals surface area contributed by atoms with Crippen LogP contribution < -0.4 is 10.1 Å². The first kappa shape index (κ1) is 18.1. The summed E-state index contributed by atoms with van der Waals surface area (Å²) < 4.78 is 4.99. The number of aromatic hydroxyl groups is 1. The second-order valence-electron chi connectivity index (χ2n) is 5.35. The average molecular weight is 341 g/mol. The van der Waals surface area contributed by atoms with Crippen LogP contribution in [0.4, 0.5) is 0 Å². The maximum Gasteiger partial charge on any atom is 0.326 e. The Morgan fingerprint density at radius 3 is 2.56 bits per heavy atom. The molecule has 2 aromatic rings. The van der Waals surface area contributed by atoms with Gasteiger partial charge in [-0.1, -0.05) is 36.4 Å². The van der Waals surface area contributed by atoms with Crippen molar-refractivity contribution in [2.45, 2.75) is 12.5 Å². The summed E-state index contributed by atoms with van der Waals surface area (Å²) in [7, 11) is 1.43. The Balaban J connectivity index is 2.02. The number of hydrogen-bond acceptors (Lipinski definition) is 4. The molecule has 0 fully saturated rings. The maximum absolute atomic E-state index is 12.0. The summed E-state index contributed by atoms with van der Waals surface area (Å²) in [5.41, 5.74) is 1.46. The normalized spacial score (nSPS) is 11.9. The van der Waals surface area contributed by atoms with Crippen LogP contribution in [0.3, 0.4) is 0 Å². The van der Waals surface area contributed by atoms with Gasteiger partial charge in [0, 0.05) is 12.5 Å². The third kappa shape index (κ3) is 5.39. The Labute approximate surface area is 145 Å². The van der Waals surface area contributed by atoms with E-state index in [1.165, 1.54) is 25.3 Å². The Morgan fingerprint density at radius 2 is 1.92 bits per heavy atom. The van der Waals surface area contributed by atoms with Crippen molar-refractivity contribution in [1.82, 2.24) is 5.32 Å². The summed E-state index contributed by atoms with van der Waals surface area (Å²) >= 11 is 0. The third-order valence-corrected chi connectivity index (χ3v) is 3.53. The van der Waals surface area contributed by atoms with Crippen LogP contribution in [-0.2, 0) is 16.0 Å². The summed E-state index contributed by atoms with van der Waals surface area (Å²) in [4.78, 5) is 23.4. The van der Waals surface area contributed by atoms with E-state index < -0.39 is 17.9 Å². The number of carboxylic acids is 1. The molecule has 1 atom stereocenters. The molecule has 0 radical (unpaired) electrons. The van der Waals surface area contributed by atoms with Crippen LogP contribution in [0.2, 0.25) is 0 Å². The van der Waals surface area contributed by atoms with E-state index in [4.69, 9.17) is 4.74 Å². The Kier molecular flexibility index (Phi) is 6.17. The number of carboxylic acid groups (broad SMARTS) is 1. The van der Waals surface area contributed by atoms with Gasteiger partial charge >= 0.3 is 5.97 Å². The van der Waals surface area contributed by atoms with Crippen molar-refractivity contribution in [1.29, 1.82) is 0 Å². The number of benzene rings is 2. The zero-order chi connectivity index (χ0) is 18.2. The highest BCUT2D eigenvalue weighted by atomic mass is 16.5. The lowest BCUT2D eigenvalue weighted by molar-refractivity contribution is -0.141. The number of methoxy groups -OCH3 is 1. The van der Waals surface area contributed by atoms with Gasteiger partial charge in [0.1, 0.15) is 6.04 Å². The van der Waals surface area contributed by atoms with E-state index >= 15 is 0 Å². The van der Waals surface area contributed by atoms with Crippen LogP contribution in [0.25, 0.3) is 6.08 Å². The van der Waals surface area contributed by atoms with Crippen LogP contribution in [0, 0.1) is 0 Å². The molecule has 0 spiro atoms. The van der Waals surface area contributed by atoms with E-state index in [-0.39, 0.29) is 17.9 Å². The van der Waals surface area contributed by atoms with Crippen molar-refractivity contribution in [3.63, 3.8) is 0 Å². The highest BCUT2D eigenvalue weighted by Gasteiger charge is 2.19. The van der Waals surface area contributed by atoms with Crippen LogP contribution >= 0.6 is 0 Å². The van der Waals surface area contributed by atoms with Gasteiger partial charge < -0.3 is 20.3 Å². The summed E-state index contributed by atoms with van der Waals surface area (Å²) in [6.07, 6.45) is 2.95. The number of phenols is 1. The summed E-state index contributed by atoms with van der Waals surface area (Å²) in [6.45, 7) is 0. The number of hydrogen-bond donors (Lipinski definition) is 3. The van der Waals surface area contributed by atoms with Gasteiger partial charge in [-0.2, -0.15) is 0 Å². The molecule has 0 saturated carbocycles. The molecule has 0 heterocycles. The van der Waals surface area contributed by atoms with Gasteiger partial charge in [0.15, 0.2) is 11.5 Å².